The SMILES string of the molecule is Cc1cc(C)nc(Sc2nc(C)cc(C(=N)N)n2)n1. The molecule has 2 aromatic rings. The lowest BCUT2D eigenvalue weighted by Gasteiger charge is -2.04. The fourth-order valence-corrected chi connectivity index (χ4v) is 2.42. The number of nitrogens with zero attached hydrogens (tertiary/aromatic N) is 4. The van der Waals surface area contributed by atoms with Crippen molar-refractivity contribution in [3.8, 4) is 0 Å². The van der Waals surface area contributed by atoms with Crippen molar-refractivity contribution in [2.24, 2.45) is 5.73 Å². The van der Waals surface area contributed by atoms with Gasteiger partial charge in [-0.3, -0.25) is 5.41 Å². The first-order chi connectivity index (χ1) is 8.94. The Morgan fingerprint density at radius 3 is 1.95 bits per heavy atom. The third kappa shape index (κ3) is 3.47. The fourth-order valence-electron chi connectivity index (χ4n) is 1.55. The van der Waals surface area contributed by atoms with Gasteiger partial charge in [0.2, 0.25) is 0 Å². The molecule has 0 saturated heterocycles. The van der Waals surface area contributed by atoms with Crippen LogP contribution in [0.25, 0.3) is 0 Å². The van der Waals surface area contributed by atoms with Gasteiger partial charge in [-0.05, 0) is 44.7 Å². The van der Waals surface area contributed by atoms with E-state index in [1.807, 2.05) is 26.8 Å². The monoisotopic (exact) mass is 274 g/mol. The average molecular weight is 274 g/mol. The Kier molecular flexibility index (Phi) is 3.75. The lowest BCUT2D eigenvalue weighted by molar-refractivity contribution is 0.876. The number of aromatic nitrogens is 4. The summed E-state index contributed by atoms with van der Waals surface area (Å²) < 4.78 is 0. The Hall–Kier alpha value is -2.02. The lowest BCUT2D eigenvalue weighted by Crippen LogP contribution is -2.14. The van der Waals surface area contributed by atoms with Gasteiger partial charge in [0, 0.05) is 17.1 Å². The molecule has 0 unspecified atom stereocenters. The van der Waals surface area contributed by atoms with Crippen molar-refractivity contribution < 1.29 is 0 Å². The molecule has 2 aromatic heterocycles. The van der Waals surface area contributed by atoms with Crippen LogP contribution in [0.15, 0.2) is 22.4 Å². The maximum atomic E-state index is 7.42. The lowest BCUT2D eigenvalue weighted by atomic mass is 10.3. The minimum Gasteiger partial charge on any atom is -0.382 e. The molecule has 0 radical (unpaired) electrons. The van der Waals surface area contributed by atoms with E-state index in [9.17, 15) is 0 Å². The number of amidine groups is 1. The normalized spacial score (nSPS) is 10.5. The second-order valence-electron chi connectivity index (χ2n) is 4.13. The third-order valence-corrected chi connectivity index (χ3v) is 2.98. The van der Waals surface area contributed by atoms with E-state index in [0.29, 0.717) is 16.0 Å². The maximum absolute atomic E-state index is 7.42. The summed E-state index contributed by atoms with van der Waals surface area (Å²) in [5.41, 5.74) is 8.41. The van der Waals surface area contributed by atoms with E-state index in [0.717, 1.165) is 17.1 Å². The summed E-state index contributed by atoms with van der Waals surface area (Å²) in [5.74, 6) is -0.0753. The van der Waals surface area contributed by atoms with Crippen molar-refractivity contribution in [1.82, 2.24) is 19.9 Å². The summed E-state index contributed by atoms with van der Waals surface area (Å²) in [6.45, 7) is 5.66. The molecule has 3 N–H and O–H groups in total. The quantitative estimate of drug-likeness (QED) is 0.501. The van der Waals surface area contributed by atoms with Gasteiger partial charge < -0.3 is 5.73 Å². The number of nitrogens with two attached hydrogens (primary N) is 1. The van der Waals surface area contributed by atoms with Crippen LogP contribution < -0.4 is 5.73 Å². The zero-order chi connectivity index (χ0) is 14.0. The van der Waals surface area contributed by atoms with Gasteiger partial charge in [0.05, 0.1) is 0 Å². The van der Waals surface area contributed by atoms with Crippen molar-refractivity contribution in [3.05, 3.63) is 34.9 Å². The summed E-state index contributed by atoms with van der Waals surface area (Å²) in [6, 6.07) is 3.58. The van der Waals surface area contributed by atoms with Crippen LogP contribution in [0.3, 0.4) is 0 Å². The Morgan fingerprint density at radius 1 is 0.947 bits per heavy atom. The van der Waals surface area contributed by atoms with Crippen molar-refractivity contribution in [3.63, 3.8) is 0 Å². The van der Waals surface area contributed by atoms with E-state index >= 15 is 0 Å². The summed E-state index contributed by atoms with van der Waals surface area (Å²) >= 11 is 1.26. The topological polar surface area (TPSA) is 101 Å². The first-order valence-corrected chi connectivity index (χ1v) is 6.46. The van der Waals surface area contributed by atoms with Crippen molar-refractivity contribution in [1.29, 1.82) is 5.41 Å². The molecular weight excluding hydrogens is 260 g/mol. The van der Waals surface area contributed by atoms with E-state index in [2.05, 4.69) is 19.9 Å². The molecule has 0 amide bonds. The standard InChI is InChI=1S/C12H14N6S/c1-6-4-7(2)16-11(15-6)19-12-17-8(3)5-9(18-12)10(13)14/h4-5H,1-3H3,(H3,13,14). The largest absolute Gasteiger partial charge is 0.382 e. The molecule has 0 spiro atoms. The maximum Gasteiger partial charge on any atom is 0.196 e. The number of aryl methyl sites for hydroxylation is 3. The van der Waals surface area contributed by atoms with E-state index in [1.165, 1.54) is 11.8 Å². The van der Waals surface area contributed by atoms with Crippen molar-refractivity contribution in [2.45, 2.75) is 31.1 Å². The molecule has 0 aliphatic rings. The van der Waals surface area contributed by atoms with Gasteiger partial charge in [-0.1, -0.05) is 0 Å². The van der Waals surface area contributed by atoms with Gasteiger partial charge in [-0.2, -0.15) is 0 Å². The zero-order valence-electron chi connectivity index (χ0n) is 10.9. The molecular formula is C12H14N6S. The summed E-state index contributed by atoms with van der Waals surface area (Å²) in [6.07, 6.45) is 0. The van der Waals surface area contributed by atoms with Crippen LogP contribution in [0.5, 0.6) is 0 Å². The smallest absolute Gasteiger partial charge is 0.196 e. The minimum absolute atomic E-state index is 0.0753. The number of hydrogen-bond acceptors (Lipinski definition) is 6. The minimum atomic E-state index is -0.0753. The second-order valence-corrected chi connectivity index (χ2v) is 5.06. The molecule has 19 heavy (non-hydrogen) atoms. The highest BCUT2D eigenvalue weighted by Gasteiger charge is 2.09. The molecule has 7 heteroatoms. The van der Waals surface area contributed by atoms with Crippen LogP contribution >= 0.6 is 11.8 Å². The first kappa shape index (κ1) is 13.4. The molecule has 0 aliphatic heterocycles. The zero-order valence-corrected chi connectivity index (χ0v) is 11.7. The van der Waals surface area contributed by atoms with E-state index in [1.54, 1.807) is 6.07 Å². The number of rotatable bonds is 3. The third-order valence-electron chi connectivity index (χ3n) is 2.25. The molecule has 98 valence electrons. The second kappa shape index (κ2) is 5.31. The van der Waals surface area contributed by atoms with Crippen LogP contribution in [0.2, 0.25) is 0 Å². The summed E-state index contributed by atoms with van der Waals surface area (Å²) in [7, 11) is 0. The molecule has 0 atom stereocenters. The Morgan fingerprint density at radius 2 is 1.42 bits per heavy atom. The number of nitrogen functional groups attached to an aromatic ring is 1. The van der Waals surface area contributed by atoms with E-state index < -0.39 is 0 Å². The van der Waals surface area contributed by atoms with Gasteiger partial charge in [0.25, 0.3) is 0 Å². The van der Waals surface area contributed by atoms with Crippen LogP contribution in [0, 0.1) is 26.2 Å². The van der Waals surface area contributed by atoms with E-state index in [4.69, 9.17) is 11.1 Å². The van der Waals surface area contributed by atoms with Crippen LogP contribution in [-0.4, -0.2) is 25.8 Å². The van der Waals surface area contributed by atoms with E-state index in [-0.39, 0.29) is 5.84 Å². The Balaban J connectivity index is 2.35. The van der Waals surface area contributed by atoms with Gasteiger partial charge in [0.15, 0.2) is 10.3 Å². The van der Waals surface area contributed by atoms with Crippen molar-refractivity contribution >= 4 is 17.6 Å². The molecule has 0 fully saturated rings. The van der Waals surface area contributed by atoms with Gasteiger partial charge >= 0.3 is 0 Å². The highest BCUT2D eigenvalue weighted by molar-refractivity contribution is 7.99. The highest BCUT2D eigenvalue weighted by atomic mass is 32.2. The average Bonchev–Trinajstić information content (AvgIpc) is 2.26. The van der Waals surface area contributed by atoms with Crippen molar-refractivity contribution in [2.75, 3.05) is 0 Å². The highest BCUT2D eigenvalue weighted by Crippen LogP contribution is 2.22. The van der Waals surface area contributed by atoms with Gasteiger partial charge in [-0.15, -0.1) is 0 Å². The molecule has 2 rings (SSSR count). The van der Waals surface area contributed by atoms with Crippen LogP contribution in [0.4, 0.5) is 0 Å². The molecule has 6 nitrogen and oxygen atoms in total. The van der Waals surface area contributed by atoms with Gasteiger partial charge in [0.1, 0.15) is 11.5 Å². The fraction of sp³-hybridized carbons (Fsp3) is 0.250. The summed E-state index contributed by atoms with van der Waals surface area (Å²) in [5, 5.41) is 8.51. The predicted octanol–water partition coefficient (Wildman–Crippen LogP) is 1.63. The van der Waals surface area contributed by atoms with Gasteiger partial charge in [-0.25, -0.2) is 19.9 Å². The molecule has 0 saturated carbocycles. The van der Waals surface area contributed by atoms with Crippen LogP contribution in [0.1, 0.15) is 22.8 Å². The Bertz CT molecular complexity index is 620. The molecule has 0 bridgehead atoms. The number of nitrogens with one attached hydrogen (secondary N) is 1. The molecule has 2 heterocycles. The number of hydrogen-bond donors (Lipinski definition) is 2. The molecule has 0 aliphatic carbocycles. The summed E-state index contributed by atoms with van der Waals surface area (Å²) in [4.78, 5) is 17.1. The van der Waals surface area contributed by atoms with Crippen LogP contribution in [-0.2, 0) is 0 Å². The molecule has 0 aromatic carbocycles. The Labute approximate surface area is 115 Å². The predicted molar refractivity (Wildman–Crippen MR) is 73.4 cm³/mol. The first-order valence-electron chi connectivity index (χ1n) is 5.64.